The normalized spacial score (nSPS) is 21.2. The van der Waals surface area contributed by atoms with Crippen LogP contribution in [0.15, 0.2) is 42.5 Å². The van der Waals surface area contributed by atoms with Gasteiger partial charge in [-0.05, 0) is 74.8 Å². The number of hydrogen-bond acceptors (Lipinski definition) is 4. The number of urea groups is 1. The summed E-state index contributed by atoms with van der Waals surface area (Å²) in [6.45, 7) is 2.61. The van der Waals surface area contributed by atoms with Crippen LogP contribution in [-0.2, 0) is 0 Å². The SMILES string of the molecule is CCOc1ccc2c(c1)N(C1CCC1)C(c1ccc(NC(=O)NC3CCC3)cc1)C2C#CC#N. The summed E-state index contributed by atoms with van der Waals surface area (Å²) < 4.78 is 5.80. The highest BCUT2D eigenvalue weighted by Gasteiger charge is 2.43. The molecule has 2 fully saturated rings. The Labute approximate surface area is 201 Å². The molecule has 34 heavy (non-hydrogen) atoms. The van der Waals surface area contributed by atoms with Gasteiger partial charge < -0.3 is 20.3 Å². The van der Waals surface area contributed by atoms with E-state index in [0.717, 1.165) is 53.9 Å². The molecule has 3 aliphatic rings. The third-order valence-corrected chi connectivity index (χ3v) is 7.24. The zero-order valence-corrected chi connectivity index (χ0v) is 19.5. The third kappa shape index (κ3) is 4.29. The van der Waals surface area contributed by atoms with Crippen molar-refractivity contribution < 1.29 is 9.53 Å². The molecule has 2 saturated carbocycles. The molecule has 2 amide bonds. The van der Waals surface area contributed by atoms with Gasteiger partial charge in [0.1, 0.15) is 5.75 Å². The van der Waals surface area contributed by atoms with E-state index >= 15 is 0 Å². The topological polar surface area (TPSA) is 77.4 Å². The van der Waals surface area contributed by atoms with Crippen LogP contribution in [0.3, 0.4) is 0 Å². The van der Waals surface area contributed by atoms with Crippen molar-refractivity contribution in [1.29, 1.82) is 5.26 Å². The number of hydrogen-bond donors (Lipinski definition) is 2. The van der Waals surface area contributed by atoms with Gasteiger partial charge in [0.15, 0.2) is 6.07 Å². The summed E-state index contributed by atoms with van der Waals surface area (Å²) in [7, 11) is 0. The Morgan fingerprint density at radius 1 is 1.12 bits per heavy atom. The van der Waals surface area contributed by atoms with Crippen LogP contribution in [-0.4, -0.2) is 24.7 Å². The minimum absolute atomic E-state index is 0.0101. The Bertz CT molecular complexity index is 1150. The molecular weight excluding hydrogens is 424 g/mol. The molecule has 1 aliphatic heterocycles. The summed E-state index contributed by atoms with van der Waals surface area (Å²) in [5.74, 6) is 6.65. The smallest absolute Gasteiger partial charge is 0.319 e. The number of fused-ring (bicyclic) bond motifs is 1. The molecule has 2 aliphatic carbocycles. The van der Waals surface area contributed by atoms with Gasteiger partial charge in [-0.2, -0.15) is 5.26 Å². The van der Waals surface area contributed by atoms with Crippen LogP contribution in [0.5, 0.6) is 5.75 Å². The van der Waals surface area contributed by atoms with E-state index in [-0.39, 0.29) is 18.0 Å². The number of nitrogens with zero attached hydrogens (tertiary/aromatic N) is 2. The lowest BCUT2D eigenvalue weighted by atomic mass is 9.87. The van der Waals surface area contributed by atoms with Crippen LogP contribution >= 0.6 is 0 Å². The van der Waals surface area contributed by atoms with Crippen LogP contribution in [0.25, 0.3) is 0 Å². The standard InChI is InChI=1S/C28H30N4O2/c1-2-34-23-15-16-24-25(10-5-17-29)27(32(26(24)18-23)22-8-4-9-22)19-11-13-21(14-12-19)31-28(33)30-20-6-3-7-20/h11-16,18,20,22,25,27H,2-4,6-9H2,1H3,(H2,30,31,33). The second kappa shape index (κ2) is 9.69. The minimum Gasteiger partial charge on any atom is -0.494 e. The highest BCUT2D eigenvalue weighted by atomic mass is 16.5. The molecule has 2 atom stereocenters. The van der Waals surface area contributed by atoms with Gasteiger partial charge in [-0.3, -0.25) is 0 Å². The molecule has 6 heteroatoms. The average molecular weight is 455 g/mol. The van der Waals surface area contributed by atoms with E-state index in [1.807, 2.05) is 31.2 Å². The Balaban J connectivity index is 1.45. The zero-order valence-electron chi connectivity index (χ0n) is 19.5. The lowest BCUT2D eigenvalue weighted by Crippen LogP contribution is -2.42. The van der Waals surface area contributed by atoms with E-state index < -0.39 is 0 Å². The monoisotopic (exact) mass is 454 g/mol. The predicted molar refractivity (Wildman–Crippen MR) is 133 cm³/mol. The lowest BCUT2D eigenvalue weighted by molar-refractivity contribution is 0.240. The molecule has 1 heterocycles. The number of nitriles is 1. The second-order valence-corrected chi connectivity index (χ2v) is 9.30. The lowest BCUT2D eigenvalue weighted by Gasteiger charge is -2.41. The number of amides is 2. The molecule has 6 nitrogen and oxygen atoms in total. The van der Waals surface area contributed by atoms with Crippen LogP contribution in [0.4, 0.5) is 16.2 Å². The summed E-state index contributed by atoms with van der Waals surface area (Å²) >= 11 is 0. The van der Waals surface area contributed by atoms with E-state index in [0.29, 0.717) is 18.7 Å². The van der Waals surface area contributed by atoms with Crippen molar-refractivity contribution in [3.63, 3.8) is 0 Å². The van der Waals surface area contributed by atoms with Gasteiger partial charge >= 0.3 is 6.03 Å². The molecule has 0 aromatic heterocycles. The number of anilines is 2. The number of carbonyl (C=O) groups excluding carboxylic acids is 1. The van der Waals surface area contributed by atoms with Gasteiger partial charge in [-0.15, -0.1) is 0 Å². The molecule has 2 N–H and O–H groups in total. The first-order chi connectivity index (χ1) is 16.7. The van der Waals surface area contributed by atoms with Crippen molar-refractivity contribution in [1.82, 2.24) is 5.32 Å². The van der Waals surface area contributed by atoms with Crippen LogP contribution in [0.2, 0.25) is 0 Å². The Morgan fingerprint density at radius 3 is 2.50 bits per heavy atom. The van der Waals surface area contributed by atoms with Gasteiger partial charge in [-0.25, -0.2) is 4.79 Å². The van der Waals surface area contributed by atoms with E-state index in [4.69, 9.17) is 4.74 Å². The molecule has 0 radical (unpaired) electrons. The molecule has 2 aromatic carbocycles. The van der Waals surface area contributed by atoms with Gasteiger partial charge in [-0.1, -0.05) is 24.1 Å². The summed E-state index contributed by atoms with van der Waals surface area (Å²) in [5, 5.41) is 15.1. The second-order valence-electron chi connectivity index (χ2n) is 9.30. The first-order valence-electron chi connectivity index (χ1n) is 12.3. The van der Waals surface area contributed by atoms with E-state index in [1.54, 1.807) is 0 Å². The molecule has 2 unspecified atom stereocenters. The fourth-order valence-electron chi connectivity index (χ4n) is 5.12. The quantitative estimate of drug-likeness (QED) is 0.567. The van der Waals surface area contributed by atoms with Crippen molar-refractivity contribution in [2.24, 2.45) is 0 Å². The number of ether oxygens (including phenoxy) is 1. The van der Waals surface area contributed by atoms with Gasteiger partial charge in [0, 0.05) is 35.4 Å². The van der Waals surface area contributed by atoms with Gasteiger partial charge in [0.05, 0.1) is 18.6 Å². The largest absolute Gasteiger partial charge is 0.494 e. The van der Waals surface area contributed by atoms with Crippen molar-refractivity contribution in [2.45, 2.75) is 69.5 Å². The van der Waals surface area contributed by atoms with E-state index in [2.05, 4.69) is 51.6 Å². The molecule has 0 spiro atoms. The first kappa shape index (κ1) is 22.2. The molecule has 5 rings (SSSR count). The number of nitrogens with one attached hydrogen (secondary N) is 2. The summed E-state index contributed by atoms with van der Waals surface area (Å²) in [6, 6.07) is 16.9. The molecule has 174 valence electrons. The highest BCUT2D eigenvalue weighted by molar-refractivity contribution is 5.89. The molecule has 0 bridgehead atoms. The number of rotatable bonds is 6. The van der Waals surface area contributed by atoms with E-state index in [1.165, 1.54) is 12.8 Å². The Morgan fingerprint density at radius 2 is 1.88 bits per heavy atom. The Kier molecular flexibility index (Phi) is 6.32. The van der Waals surface area contributed by atoms with Crippen molar-refractivity contribution >= 4 is 17.4 Å². The van der Waals surface area contributed by atoms with Crippen molar-refractivity contribution in [3.05, 3.63) is 53.6 Å². The highest BCUT2D eigenvalue weighted by Crippen LogP contribution is 2.53. The van der Waals surface area contributed by atoms with Crippen LogP contribution in [0.1, 0.15) is 68.5 Å². The predicted octanol–water partition coefficient (Wildman–Crippen LogP) is 5.48. The zero-order chi connectivity index (χ0) is 23.5. The van der Waals surface area contributed by atoms with Gasteiger partial charge in [0.25, 0.3) is 0 Å². The summed E-state index contributed by atoms with van der Waals surface area (Å²) in [4.78, 5) is 14.7. The maximum atomic E-state index is 12.3. The van der Waals surface area contributed by atoms with Crippen LogP contribution in [0, 0.1) is 23.2 Å². The average Bonchev–Trinajstić information content (AvgIpc) is 3.08. The summed E-state index contributed by atoms with van der Waals surface area (Å²) in [6.07, 6.45) is 6.82. The maximum absolute atomic E-state index is 12.3. The fourth-order valence-corrected chi connectivity index (χ4v) is 5.12. The van der Waals surface area contributed by atoms with E-state index in [9.17, 15) is 10.1 Å². The fraction of sp³-hybridized carbons (Fsp3) is 0.429. The molecule has 0 saturated heterocycles. The van der Waals surface area contributed by atoms with Crippen molar-refractivity contribution in [3.8, 4) is 23.7 Å². The van der Waals surface area contributed by atoms with Crippen molar-refractivity contribution in [2.75, 3.05) is 16.8 Å². The third-order valence-electron chi connectivity index (χ3n) is 7.24. The minimum atomic E-state index is -0.150. The number of carbonyl (C=O) groups is 1. The molecule has 2 aromatic rings. The summed E-state index contributed by atoms with van der Waals surface area (Å²) in [5.41, 5.74) is 4.19. The number of benzene rings is 2. The Hall–Kier alpha value is -3.64. The van der Waals surface area contributed by atoms with Crippen LogP contribution < -0.4 is 20.3 Å². The first-order valence-corrected chi connectivity index (χ1v) is 12.3. The van der Waals surface area contributed by atoms with Gasteiger partial charge in [0.2, 0.25) is 0 Å². The molecular formula is C28H30N4O2. The maximum Gasteiger partial charge on any atom is 0.319 e.